The third-order valence-electron chi connectivity index (χ3n) is 5.09. The topological polar surface area (TPSA) is 51.6 Å². The fourth-order valence-corrected chi connectivity index (χ4v) is 3.61. The number of benzene rings is 1. The lowest BCUT2D eigenvalue weighted by Crippen LogP contribution is -2.38. The van der Waals surface area contributed by atoms with E-state index in [9.17, 15) is 0 Å². The van der Waals surface area contributed by atoms with Crippen LogP contribution in [0, 0.1) is 5.92 Å². The fraction of sp³-hybridized carbons (Fsp3) is 0.591. The summed E-state index contributed by atoms with van der Waals surface area (Å²) in [4.78, 5) is 2.31. The first-order valence-corrected chi connectivity index (χ1v) is 10.2. The number of ether oxygens (including phenoxy) is 2. The maximum atomic E-state index is 5.85. The van der Waals surface area contributed by atoms with E-state index in [4.69, 9.17) is 14.6 Å². The molecule has 154 valence electrons. The molecule has 1 aliphatic rings. The van der Waals surface area contributed by atoms with Gasteiger partial charge in [0.15, 0.2) is 11.5 Å². The number of hydrogen-bond donors (Lipinski definition) is 1. The van der Waals surface area contributed by atoms with Crippen molar-refractivity contribution < 1.29 is 9.47 Å². The second-order valence-corrected chi connectivity index (χ2v) is 8.27. The van der Waals surface area contributed by atoms with E-state index < -0.39 is 0 Å². The third kappa shape index (κ3) is 5.26. The SMILES string of the molecule is CC(C)CC(CNCc1cn(C)nc1-c1ccc2c(c1)OCCCO2)N(C)C. The fourth-order valence-electron chi connectivity index (χ4n) is 3.61. The standard InChI is InChI=1S/C22H34N4O2/c1-16(2)11-19(25(3)4)14-23-13-18-15-26(5)24-22(18)17-7-8-20-21(12-17)28-10-6-9-27-20/h7-8,12,15-16,19,23H,6,9-11,13-14H2,1-5H3. The third-order valence-corrected chi connectivity index (χ3v) is 5.09. The summed E-state index contributed by atoms with van der Waals surface area (Å²) in [6.45, 7) is 7.70. The van der Waals surface area contributed by atoms with Crippen LogP contribution in [0.15, 0.2) is 24.4 Å². The minimum Gasteiger partial charge on any atom is -0.490 e. The number of hydrogen-bond acceptors (Lipinski definition) is 5. The van der Waals surface area contributed by atoms with Gasteiger partial charge in [0.25, 0.3) is 0 Å². The average molecular weight is 387 g/mol. The zero-order valence-corrected chi connectivity index (χ0v) is 17.9. The summed E-state index contributed by atoms with van der Waals surface area (Å²) in [5.41, 5.74) is 3.25. The number of aryl methyl sites for hydroxylation is 1. The Morgan fingerprint density at radius 3 is 2.64 bits per heavy atom. The molecule has 0 saturated heterocycles. The van der Waals surface area contributed by atoms with Gasteiger partial charge in [-0.2, -0.15) is 5.10 Å². The first-order chi connectivity index (χ1) is 13.4. The predicted molar refractivity (Wildman–Crippen MR) is 113 cm³/mol. The lowest BCUT2D eigenvalue weighted by Gasteiger charge is -2.26. The Labute approximate surface area is 168 Å². The largest absolute Gasteiger partial charge is 0.490 e. The van der Waals surface area contributed by atoms with E-state index in [1.54, 1.807) is 0 Å². The first-order valence-electron chi connectivity index (χ1n) is 10.2. The Morgan fingerprint density at radius 1 is 1.18 bits per heavy atom. The smallest absolute Gasteiger partial charge is 0.161 e. The van der Waals surface area contributed by atoms with Crippen molar-refractivity contribution in [3.05, 3.63) is 30.0 Å². The molecule has 0 bridgehead atoms. The highest BCUT2D eigenvalue weighted by Crippen LogP contribution is 2.34. The van der Waals surface area contributed by atoms with E-state index in [-0.39, 0.29) is 0 Å². The van der Waals surface area contributed by atoms with Gasteiger partial charge < -0.3 is 19.7 Å². The Bertz CT molecular complexity index is 770. The molecule has 28 heavy (non-hydrogen) atoms. The van der Waals surface area contributed by atoms with Gasteiger partial charge in [-0.1, -0.05) is 13.8 Å². The molecule has 0 spiro atoms. The molecule has 1 aromatic carbocycles. The van der Waals surface area contributed by atoms with Gasteiger partial charge in [-0.25, -0.2) is 0 Å². The Morgan fingerprint density at radius 2 is 1.93 bits per heavy atom. The summed E-state index contributed by atoms with van der Waals surface area (Å²) >= 11 is 0. The molecule has 6 heteroatoms. The van der Waals surface area contributed by atoms with Crippen molar-refractivity contribution in [3.63, 3.8) is 0 Å². The molecule has 0 amide bonds. The molecule has 2 aromatic rings. The van der Waals surface area contributed by atoms with Crippen LogP contribution in [0.2, 0.25) is 0 Å². The van der Waals surface area contributed by atoms with Crippen molar-refractivity contribution in [2.45, 2.75) is 39.3 Å². The molecule has 1 unspecified atom stereocenters. The highest BCUT2D eigenvalue weighted by atomic mass is 16.5. The van der Waals surface area contributed by atoms with Gasteiger partial charge in [0.1, 0.15) is 0 Å². The van der Waals surface area contributed by atoms with Crippen LogP contribution in [0.1, 0.15) is 32.3 Å². The van der Waals surface area contributed by atoms with Crippen molar-refractivity contribution in [2.24, 2.45) is 13.0 Å². The molecule has 1 atom stereocenters. The predicted octanol–water partition coefficient (Wildman–Crippen LogP) is 3.31. The Balaban J connectivity index is 1.72. The molecule has 1 aliphatic heterocycles. The minimum absolute atomic E-state index is 0.526. The van der Waals surface area contributed by atoms with Gasteiger partial charge in [-0.05, 0) is 44.6 Å². The maximum Gasteiger partial charge on any atom is 0.161 e. The van der Waals surface area contributed by atoms with Crippen LogP contribution in [0.25, 0.3) is 11.3 Å². The number of fused-ring (bicyclic) bond motifs is 1. The molecule has 1 N–H and O–H groups in total. The zero-order chi connectivity index (χ0) is 20.1. The minimum atomic E-state index is 0.526. The highest BCUT2D eigenvalue weighted by molar-refractivity contribution is 5.66. The van der Waals surface area contributed by atoms with Crippen molar-refractivity contribution in [1.29, 1.82) is 0 Å². The molecule has 1 aromatic heterocycles. The van der Waals surface area contributed by atoms with E-state index in [0.717, 1.165) is 42.3 Å². The van der Waals surface area contributed by atoms with Gasteiger partial charge in [0, 0.05) is 49.9 Å². The molecule has 3 rings (SSSR count). The van der Waals surface area contributed by atoms with E-state index in [0.29, 0.717) is 25.2 Å². The number of rotatable bonds is 8. The maximum absolute atomic E-state index is 5.85. The molecule has 0 aliphatic carbocycles. The molecule has 2 heterocycles. The molecule has 6 nitrogen and oxygen atoms in total. The second-order valence-electron chi connectivity index (χ2n) is 8.27. The lowest BCUT2D eigenvalue weighted by atomic mass is 10.0. The number of nitrogens with one attached hydrogen (secondary N) is 1. The van der Waals surface area contributed by atoms with E-state index in [1.807, 2.05) is 23.9 Å². The summed E-state index contributed by atoms with van der Waals surface area (Å²) in [5.74, 6) is 2.31. The van der Waals surface area contributed by atoms with Gasteiger partial charge in [0.05, 0.1) is 18.9 Å². The number of nitrogens with zero attached hydrogens (tertiary/aromatic N) is 3. The van der Waals surface area contributed by atoms with E-state index >= 15 is 0 Å². The van der Waals surface area contributed by atoms with Crippen molar-refractivity contribution in [1.82, 2.24) is 20.0 Å². The second kappa shape index (κ2) is 9.43. The monoisotopic (exact) mass is 386 g/mol. The zero-order valence-electron chi connectivity index (χ0n) is 17.9. The quantitative estimate of drug-likeness (QED) is 0.754. The van der Waals surface area contributed by atoms with Crippen LogP contribution in [0.4, 0.5) is 0 Å². The summed E-state index contributed by atoms with van der Waals surface area (Å²) in [7, 11) is 6.28. The average Bonchev–Trinajstić information content (AvgIpc) is 2.86. The van der Waals surface area contributed by atoms with Crippen LogP contribution in [0.3, 0.4) is 0 Å². The molecular formula is C22H34N4O2. The van der Waals surface area contributed by atoms with Gasteiger partial charge in [-0.3, -0.25) is 4.68 Å². The van der Waals surface area contributed by atoms with Gasteiger partial charge in [-0.15, -0.1) is 0 Å². The van der Waals surface area contributed by atoms with Crippen LogP contribution in [0.5, 0.6) is 11.5 Å². The Hall–Kier alpha value is -2.05. The molecule has 0 saturated carbocycles. The van der Waals surface area contributed by atoms with Crippen LogP contribution in [-0.2, 0) is 13.6 Å². The lowest BCUT2D eigenvalue weighted by molar-refractivity contribution is 0.246. The summed E-state index contributed by atoms with van der Waals surface area (Å²) in [6.07, 6.45) is 4.19. The van der Waals surface area contributed by atoms with Crippen LogP contribution in [-0.4, -0.2) is 54.6 Å². The number of likely N-dealkylation sites (N-methyl/N-ethyl adjacent to an activating group) is 1. The van der Waals surface area contributed by atoms with Crippen molar-refractivity contribution in [2.75, 3.05) is 33.9 Å². The van der Waals surface area contributed by atoms with Crippen molar-refractivity contribution in [3.8, 4) is 22.8 Å². The Kier molecular flexibility index (Phi) is 6.97. The van der Waals surface area contributed by atoms with E-state index in [2.05, 4.69) is 50.4 Å². The highest BCUT2D eigenvalue weighted by Gasteiger charge is 2.17. The summed E-state index contributed by atoms with van der Waals surface area (Å²) in [6, 6.07) is 6.64. The number of aromatic nitrogens is 2. The normalized spacial score (nSPS) is 15.1. The van der Waals surface area contributed by atoms with Crippen LogP contribution >= 0.6 is 0 Å². The van der Waals surface area contributed by atoms with Gasteiger partial charge >= 0.3 is 0 Å². The van der Waals surface area contributed by atoms with Gasteiger partial charge in [0.2, 0.25) is 0 Å². The first kappa shape index (κ1) is 20.7. The molecule has 0 radical (unpaired) electrons. The summed E-state index contributed by atoms with van der Waals surface area (Å²) < 4.78 is 13.5. The van der Waals surface area contributed by atoms with Crippen molar-refractivity contribution >= 4 is 0 Å². The summed E-state index contributed by atoms with van der Waals surface area (Å²) in [5, 5.41) is 8.34. The molecule has 0 fully saturated rings. The van der Waals surface area contributed by atoms with Crippen LogP contribution < -0.4 is 14.8 Å². The molecular weight excluding hydrogens is 352 g/mol. The van der Waals surface area contributed by atoms with E-state index in [1.165, 1.54) is 12.0 Å².